The average Bonchev–Trinajstić information content (AvgIpc) is 2.36. The summed E-state index contributed by atoms with van der Waals surface area (Å²) < 4.78 is 11.2. The molecule has 2 nitrogen and oxygen atoms in total. The number of hydrogen-bond acceptors (Lipinski definition) is 2. The van der Waals surface area contributed by atoms with Gasteiger partial charge in [-0.3, -0.25) is 0 Å². The van der Waals surface area contributed by atoms with Crippen LogP contribution in [0, 0.1) is 17.3 Å². The summed E-state index contributed by atoms with van der Waals surface area (Å²) in [6, 6.07) is 0. The Hall–Kier alpha value is 0.880. The third-order valence-electron chi connectivity index (χ3n) is 4.81. The van der Waals surface area contributed by atoms with Crippen LogP contribution in [0.4, 0.5) is 0 Å². The maximum Gasteiger partial charge on any atom is 0.0778 e. The van der Waals surface area contributed by atoms with Gasteiger partial charge in [-0.1, -0.05) is 51.6 Å². The summed E-state index contributed by atoms with van der Waals surface area (Å²) in [5, 5.41) is 0. The van der Waals surface area contributed by atoms with Gasteiger partial charge in [0.15, 0.2) is 0 Å². The largest absolute Gasteiger partial charge is 0.384 e. The van der Waals surface area contributed by atoms with Crippen LogP contribution in [0.1, 0.15) is 52.4 Å². The predicted molar refractivity (Wildman–Crippen MR) is 92.8 cm³/mol. The Morgan fingerprint density at radius 3 is 1.85 bits per heavy atom. The molecule has 0 atom stereocenters. The van der Waals surface area contributed by atoms with Gasteiger partial charge in [0.25, 0.3) is 0 Å². The molecule has 1 rings (SSSR count). The van der Waals surface area contributed by atoms with Crippen LogP contribution in [-0.4, -0.2) is 30.7 Å². The first-order valence-electron chi connectivity index (χ1n) is 7.69. The molecule has 0 radical (unpaired) electrons. The van der Waals surface area contributed by atoms with Gasteiger partial charge in [0.05, 0.1) is 16.4 Å². The van der Waals surface area contributed by atoms with Crippen LogP contribution >= 0.6 is 31.9 Å². The number of rotatable bonds is 8. The Morgan fingerprint density at radius 1 is 0.950 bits per heavy atom. The number of hydrogen-bond donors (Lipinski definition) is 0. The van der Waals surface area contributed by atoms with Crippen LogP contribution in [0.15, 0.2) is 0 Å². The van der Waals surface area contributed by atoms with Crippen LogP contribution in [0.25, 0.3) is 0 Å². The lowest BCUT2D eigenvalue weighted by Crippen LogP contribution is -2.42. The minimum Gasteiger partial charge on any atom is -0.384 e. The minimum atomic E-state index is 0.00862. The normalized spacial score (nSPS) is 24.9. The van der Waals surface area contributed by atoms with Crippen LogP contribution < -0.4 is 0 Å². The summed E-state index contributed by atoms with van der Waals surface area (Å²) in [5.74, 6) is 1.60. The molecule has 1 fully saturated rings. The molecule has 0 spiro atoms. The second-order valence-corrected chi connectivity index (χ2v) is 11.3. The number of alkyl halides is 2. The molecule has 4 heteroatoms. The maximum atomic E-state index is 5.59. The molecule has 0 aliphatic heterocycles. The molecule has 0 aromatic carbocycles. The maximum absolute atomic E-state index is 5.59. The van der Waals surface area contributed by atoms with Gasteiger partial charge < -0.3 is 9.47 Å². The highest BCUT2D eigenvalue weighted by molar-refractivity contribution is 9.25. The lowest BCUT2D eigenvalue weighted by atomic mass is 9.65. The molecule has 1 saturated carbocycles. The zero-order chi connectivity index (χ0) is 15.2. The first-order chi connectivity index (χ1) is 9.33. The van der Waals surface area contributed by atoms with E-state index in [9.17, 15) is 0 Å². The van der Waals surface area contributed by atoms with Crippen molar-refractivity contribution in [1.29, 1.82) is 0 Å². The molecule has 20 heavy (non-hydrogen) atoms. The molecule has 0 aromatic rings. The van der Waals surface area contributed by atoms with Crippen molar-refractivity contribution in [3.63, 3.8) is 0 Å². The molecule has 1 aliphatic carbocycles. The molecule has 0 unspecified atom stereocenters. The number of ether oxygens (including phenoxy) is 2. The zero-order valence-corrected chi connectivity index (χ0v) is 16.6. The predicted octanol–water partition coefficient (Wildman–Crippen LogP) is 5.38. The highest BCUT2D eigenvalue weighted by Crippen LogP contribution is 2.46. The zero-order valence-electron chi connectivity index (χ0n) is 13.4. The minimum absolute atomic E-state index is 0.00862. The van der Waals surface area contributed by atoms with Gasteiger partial charge >= 0.3 is 0 Å². The average molecular weight is 414 g/mol. The van der Waals surface area contributed by atoms with E-state index in [0.29, 0.717) is 0 Å². The first-order valence-corrected chi connectivity index (χ1v) is 9.27. The monoisotopic (exact) mass is 412 g/mol. The number of methoxy groups -OCH3 is 2. The van der Waals surface area contributed by atoms with Crippen molar-refractivity contribution in [2.45, 2.75) is 55.6 Å². The van der Waals surface area contributed by atoms with Crippen molar-refractivity contribution in [3.8, 4) is 0 Å². The Morgan fingerprint density at radius 2 is 1.45 bits per heavy atom. The fraction of sp³-hybridized carbons (Fsp3) is 1.00. The Labute approximate surface area is 141 Å². The molecule has 1 aliphatic rings. The molecule has 0 amide bonds. The summed E-state index contributed by atoms with van der Waals surface area (Å²) in [4.78, 5) is 0. The van der Waals surface area contributed by atoms with E-state index < -0.39 is 0 Å². The Kier molecular flexibility index (Phi) is 8.04. The van der Waals surface area contributed by atoms with Crippen molar-refractivity contribution in [2.24, 2.45) is 17.3 Å². The van der Waals surface area contributed by atoms with Gasteiger partial charge in [-0.25, -0.2) is 0 Å². The van der Waals surface area contributed by atoms with E-state index in [1.54, 1.807) is 0 Å². The quantitative estimate of drug-likeness (QED) is 0.497. The van der Waals surface area contributed by atoms with E-state index in [0.717, 1.165) is 37.9 Å². The van der Waals surface area contributed by atoms with Gasteiger partial charge in [0.1, 0.15) is 0 Å². The highest BCUT2D eigenvalue weighted by Gasteiger charge is 2.41. The summed E-state index contributed by atoms with van der Waals surface area (Å²) >= 11 is 7.40. The molecule has 0 aromatic heterocycles. The number of halogens is 2. The Bertz CT molecular complexity index is 262. The van der Waals surface area contributed by atoms with Gasteiger partial charge in [-0.15, -0.1) is 0 Å². The van der Waals surface area contributed by atoms with Crippen molar-refractivity contribution < 1.29 is 9.47 Å². The van der Waals surface area contributed by atoms with Gasteiger partial charge in [0, 0.05) is 19.6 Å². The fourth-order valence-electron chi connectivity index (χ4n) is 3.54. The summed E-state index contributed by atoms with van der Waals surface area (Å²) in [5.41, 5.74) is 0.159. The smallest absolute Gasteiger partial charge is 0.0778 e. The van der Waals surface area contributed by atoms with Gasteiger partial charge in [-0.05, 0) is 44.4 Å². The summed E-state index contributed by atoms with van der Waals surface area (Å²) in [6.07, 6.45) is 7.52. The van der Waals surface area contributed by atoms with E-state index >= 15 is 0 Å². The van der Waals surface area contributed by atoms with Crippen molar-refractivity contribution in [1.82, 2.24) is 0 Å². The molecule has 0 heterocycles. The van der Waals surface area contributed by atoms with Crippen LogP contribution in [-0.2, 0) is 9.47 Å². The third-order valence-corrected chi connectivity index (χ3v) is 5.60. The van der Waals surface area contributed by atoms with Crippen LogP contribution in [0.2, 0.25) is 0 Å². The van der Waals surface area contributed by atoms with Crippen molar-refractivity contribution >= 4 is 31.9 Å². The molecule has 0 saturated heterocycles. The van der Waals surface area contributed by atoms with Crippen LogP contribution in [0.5, 0.6) is 0 Å². The van der Waals surface area contributed by atoms with E-state index in [1.807, 2.05) is 14.2 Å². The fourth-order valence-corrected chi connectivity index (χ4v) is 3.94. The van der Waals surface area contributed by atoms with Crippen molar-refractivity contribution in [2.75, 3.05) is 27.4 Å². The highest BCUT2D eigenvalue weighted by atomic mass is 79.9. The van der Waals surface area contributed by atoms with Crippen molar-refractivity contribution in [3.05, 3.63) is 0 Å². The molecule has 120 valence electrons. The van der Waals surface area contributed by atoms with E-state index in [-0.39, 0.29) is 8.65 Å². The summed E-state index contributed by atoms with van der Waals surface area (Å²) in [7, 11) is 3.63. The standard InChI is InChI=1S/C16H30Br2O2/c1-13-5-7-14(8-6-13)16(11-19-3,12-20-4)10-9-15(2,17)18/h13-14H,5-12H2,1-4H3. The topological polar surface area (TPSA) is 18.5 Å². The second-order valence-electron chi connectivity index (χ2n) is 6.76. The van der Waals surface area contributed by atoms with E-state index in [4.69, 9.17) is 9.47 Å². The first kappa shape index (κ1) is 18.9. The van der Waals surface area contributed by atoms with Gasteiger partial charge in [-0.2, -0.15) is 0 Å². The second kappa shape index (κ2) is 8.50. The molecule has 0 N–H and O–H groups in total. The van der Waals surface area contributed by atoms with E-state index in [1.165, 1.54) is 25.7 Å². The third kappa shape index (κ3) is 5.94. The molecule has 0 bridgehead atoms. The molecular formula is C16H30Br2O2. The lowest BCUT2D eigenvalue weighted by Gasteiger charge is -2.44. The summed E-state index contributed by atoms with van der Waals surface area (Å²) in [6.45, 7) is 6.14. The SMILES string of the molecule is COCC(CCC(C)(Br)Br)(COC)C1CCC(C)CC1. The van der Waals surface area contributed by atoms with E-state index in [2.05, 4.69) is 45.7 Å². The van der Waals surface area contributed by atoms with Gasteiger partial charge in [0.2, 0.25) is 0 Å². The van der Waals surface area contributed by atoms with Crippen LogP contribution in [0.3, 0.4) is 0 Å². The lowest BCUT2D eigenvalue weighted by molar-refractivity contribution is -0.0507. The Balaban J connectivity index is 2.80. The molecular weight excluding hydrogens is 384 g/mol.